The molecule has 7 nitrogen and oxygen atoms in total. The highest BCUT2D eigenvalue weighted by atomic mass is 19.1. The van der Waals surface area contributed by atoms with Crippen LogP contribution in [-0.2, 0) is 0 Å². The van der Waals surface area contributed by atoms with Crippen molar-refractivity contribution in [2.24, 2.45) is 0 Å². The van der Waals surface area contributed by atoms with Gasteiger partial charge in [0.25, 0.3) is 5.91 Å². The summed E-state index contributed by atoms with van der Waals surface area (Å²) in [5.74, 6) is -0.233. The molecule has 1 amide bonds. The predicted molar refractivity (Wildman–Crippen MR) is 105 cm³/mol. The third kappa shape index (κ3) is 3.26. The fraction of sp³-hybridized carbons (Fsp3) is 0.238. The van der Waals surface area contributed by atoms with E-state index in [1.165, 1.54) is 12.1 Å². The topological polar surface area (TPSA) is 79.2 Å². The lowest BCUT2D eigenvalue weighted by Crippen LogP contribution is -2.39. The molecule has 1 aliphatic heterocycles. The molecule has 0 radical (unpaired) electrons. The van der Waals surface area contributed by atoms with E-state index in [0.717, 1.165) is 29.7 Å². The molecule has 5 rings (SSSR count). The second-order valence-electron chi connectivity index (χ2n) is 7.25. The number of hydrogen-bond acceptors (Lipinski definition) is 4. The molecule has 3 aromatic heterocycles. The number of nitrogens with zero attached hydrogens (tertiary/aromatic N) is 5. The molecule has 146 valence electrons. The van der Waals surface area contributed by atoms with Gasteiger partial charge in [-0.2, -0.15) is 10.2 Å². The standard InChI is InChI=1S/C21H19FN6O/c22-16-6-4-14(5-7-16)17-12-24-25-20(17)15-3-1-9-27(13-15)21(29)18-11-19-23-8-2-10-28(19)26-18/h2,4-8,10-12,15H,1,3,9,13H2,(H,24,25). The van der Waals surface area contributed by atoms with Gasteiger partial charge in [0, 0.05) is 48.7 Å². The Bertz CT molecular complexity index is 1130. The molecule has 4 heterocycles. The third-order valence-corrected chi connectivity index (χ3v) is 5.40. The molecular formula is C21H19FN6O. The number of piperidine rings is 1. The molecule has 4 aromatic rings. The molecule has 1 atom stereocenters. The zero-order valence-corrected chi connectivity index (χ0v) is 15.6. The van der Waals surface area contributed by atoms with E-state index in [4.69, 9.17) is 0 Å². The Hall–Kier alpha value is -3.55. The molecule has 1 unspecified atom stereocenters. The van der Waals surface area contributed by atoms with E-state index in [9.17, 15) is 9.18 Å². The zero-order chi connectivity index (χ0) is 19.8. The van der Waals surface area contributed by atoms with Gasteiger partial charge >= 0.3 is 0 Å². The fourth-order valence-corrected chi connectivity index (χ4v) is 3.96. The number of nitrogens with one attached hydrogen (secondary N) is 1. The van der Waals surface area contributed by atoms with Gasteiger partial charge < -0.3 is 4.90 Å². The van der Waals surface area contributed by atoms with Gasteiger partial charge in [-0.3, -0.25) is 9.89 Å². The van der Waals surface area contributed by atoms with Crippen molar-refractivity contribution < 1.29 is 9.18 Å². The largest absolute Gasteiger partial charge is 0.337 e. The number of amides is 1. The van der Waals surface area contributed by atoms with Crippen molar-refractivity contribution >= 4 is 11.6 Å². The van der Waals surface area contributed by atoms with Crippen LogP contribution < -0.4 is 0 Å². The molecule has 0 saturated carbocycles. The van der Waals surface area contributed by atoms with Crippen molar-refractivity contribution in [3.63, 3.8) is 0 Å². The van der Waals surface area contributed by atoms with Crippen molar-refractivity contribution in [3.05, 3.63) is 72.2 Å². The van der Waals surface area contributed by atoms with E-state index in [1.54, 1.807) is 47.4 Å². The fourth-order valence-electron chi connectivity index (χ4n) is 3.96. The molecule has 1 aliphatic rings. The monoisotopic (exact) mass is 390 g/mol. The summed E-state index contributed by atoms with van der Waals surface area (Å²) in [6.07, 6.45) is 7.06. The summed E-state index contributed by atoms with van der Waals surface area (Å²) in [7, 11) is 0. The van der Waals surface area contributed by atoms with Gasteiger partial charge in [-0.15, -0.1) is 0 Å². The van der Waals surface area contributed by atoms with E-state index in [2.05, 4.69) is 20.3 Å². The second kappa shape index (κ2) is 7.12. The van der Waals surface area contributed by atoms with Crippen LogP contribution in [-0.4, -0.2) is 48.7 Å². The Morgan fingerprint density at radius 1 is 1.24 bits per heavy atom. The molecule has 1 N–H and O–H groups in total. The van der Waals surface area contributed by atoms with Crippen molar-refractivity contribution in [1.29, 1.82) is 0 Å². The number of H-pyrrole nitrogens is 1. The number of benzene rings is 1. The van der Waals surface area contributed by atoms with E-state index >= 15 is 0 Å². The molecular weight excluding hydrogens is 371 g/mol. The molecule has 1 aromatic carbocycles. The molecule has 29 heavy (non-hydrogen) atoms. The predicted octanol–water partition coefficient (Wildman–Crippen LogP) is 3.28. The van der Waals surface area contributed by atoms with Crippen LogP contribution in [0.15, 0.2) is 55.0 Å². The Morgan fingerprint density at radius 2 is 2.10 bits per heavy atom. The zero-order valence-electron chi connectivity index (χ0n) is 15.6. The SMILES string of the molecule is O=C(c1cc2ncccn2n1)N1CCCC(c2[nH]ncc2-c2ccc(F)cc2)C1. The molecule has 0 aliphatic carbocycles. The average molecular weight is 390 g/mol. The summed E-state index contributed by atoms with van der Waals surface area (Å²) in [6, 6.07) is 9.88. The Morgan fingerprint density at radius 3 is 2.93 bits per heavy atom. The number of rotatable bonds is 3. The van der Waals surface area contributed by atoms with E-state index in [-0.39, 0.29) is 17.6 Å². The highest BCUT2D eigenvalue weighted by Gasteiger charge is 2.29. The Kier molecular flexibility index (Phi) is 4.31. The van der Waals surface area contributed by atoms with Crippen molar-refractivity contribution in [1.82, 2.24) is 29.7 Å². The van der Waals surface area contributed by atoms with Crippen molar-refractivity contribution in [2.75, 3.05) is 13.1 Å². The minimum Gasteiger partial charge on any atom is -0.337 e. The summed E-state index contributed by atoms with van der Waals surface area (Å²) < 4.78 is 14.9. The lowest BCUT2D eigenvalue weighted by Gasteiger charge is -2.32. The second-order valence-corrected chi connectivity index (χ2v) is 7.25. The lowest BCUT2D eigenvalue weighted by molar-refractivity contribution is 0.0699. The normalized spacial score (nSPS) is 17.0. The maximum atomic E-state index is 13.3. The van der Waals surface area contributed by atoms with Crippen LogP contribution in [0.25, 0.3) is 16.8 Å². The van der Waals surface area contributed by atoms with Crippen molar-refractivity contribution in [3.8, 4) is 11.1 Å². The van der Waals surface area contributed by atoms with E-state index in [1.807, 2.05) is 4.90 Å². The van der Waals surface area contributed by atoms with Gasteiger partial charge in [-0.1, -0.05) is 12.1 Å². The Labute approximate surface area is 166 Å². The van der Waals surface area contributed by atoms with Crippen LogP contribution in [0.4, 0.5) is 4.39 Å². The number of hydrogen-bond donors (Lipinski definition) is 1. The van der Waals surface area contributed by atoms with Crippen LogP contribution in [0.3, 0.4) is 0 Å². The minimum absolute atomic E-state index is 0.0944. The smallest absolute Gasteiger partial charge is 0.274 e. The molecule has 1 fully saturated rings. The number of carbonyl (C=O) groups excluding carboxylic acids is 1. The van der Waals surface area contributed by atoms with E-state index in [0.29, 0.717) is 24.4 Å². The summed E-state index contributed by atoms with van der Waals surface area (Å²) >= 11 is 0. The van der Waals surface area contributed by atoms with Crippen LogP contribution in [0.1, 0.15) is 34.9 Å². The van der Waals surface area contributed by atoms with Gasteiger partial charge in [0.15, 0.2) is 11.3 Å². The van der Waals surface area contributed by atoms with E-state index < -0.39 is 0 Å². The Balaban J connectivity index is 1.39. The minimum atomic E-state index is -0.268. The van der Waals surface area contributed by atoms with Crippen LogP contribution in [0.5, 0.6) is 0 Å². The summed E-state index contributed by atoms with van der Waals surface area (Å²) in [5.41, 5.74) is 3.88. The maximum Gasteiger partial charge on any atom is 0.274 e. The highest BCUT2D eigenvalue weighted by Crippen LogP contribution is 2.33. The molecule has 0 bridgehead atoms. The third-order valence-electron chi connectivity index (χ3n) is 5.40. The quantitative estimate of drug-likeness (QED) is 0.582. The van der Waals surface area contributed by atoms with Crippen LogP contribution in [0.2, 0.25) is 0 Å². The lowest BCUT2D eigenvalue weighted by atomic mass is 9.90. The highest BCUT2D eigenvalue weighted by molar-refractivity contribution is 5.93. The van der Waals surface area contributed by atoms with Gasteiger partial charge in [-0.05, 0) is 36.6 Å². The number of carbonyl (C=O) groups is 1. The first-order chi connectivity index (χ1) is 14.2. The summed E-state index contributed by atoms with van der Waals surface area (Å²) in [5, 5.41) is 11.7. The first kappa shape index (κ1) is 17.5. The number of fused-ring (bicyclic) bond motifs is 1. The number of aromatic nitrogens is 5. The maximum absolute atomic E-state index is 13.3. The first-order valence-electron chi connectivity index (χ1n) is 9.58. The van der Waals surface area contributed by atoms with Gasteiger partial charge in [0.2, 0.25) is 0 Å². The van der Waals surface area contributed by atoms with Crippen LogP contribution >= 0.6 is 0 Å². The molecule has 1 saturated heterocycles. The summed E-state index contributed by atoms with van der Waals surface area (Å²) in [4.78, 5) is 19.1. The number of likely N-dealkylation sites (tertiary alicyclic amines) is 1. The van der Waals surface area contributed by atoms with Gasteiger partial charge in [-0.25, -0.2) is 13.9 Å². The first-order valence-corrected chi connectivity index (χ1v) is 9.58. The number of aromatic amines is 1. The number of halogens is 1. The summed E-state index contributed by atoms with van der Waals surface area (Å²) in [6.45, 7) is 1.27. The van der Waals surface area contributed by atoms with Gasteiger partial charge in [0.05, 0.1) is 6.20 Å². The molecule has 0 spiro atoms. The average Bonchev–Trinajstić information content (AvgIpc) is 3.41. The molecule has 8 heteroatoms. The van der Waals surface area contributed by atoms with Crippen LogP contribution in [0, 0.1) is 5.82 Å². The van der Waals surface area contributed by atoms with Crippen molar-refractivity contribution in [2.45, 2.75) is 18.8 Å². The van der Waals surface area contributed by atoms with Gasteiger partial charge in [0.1, 0.15) is 5.82 Å².